The van der Waals surface area contributed by atoms with Crippen LogP contribution in [0.15, 0.2) is 22.6 Å². The maximum Gasteiger partial charge on any atom is 0.223 e. The zero-order valence-electron chi connectivity index (χ0n) is 23.1. The average Bonchev–Trinajstić information content (AvgIpc) is 3.24. The van der Waals surface area contributed by atoms with Crippen molar-refractivity contribution in [1.29, 1.82) is 0 Å². The Labute approximate surface area is 225 Å². The minimum atomic E-state index is -1.27. The van der Waals surface area contributed by atoms with E-state index in [9.17, 15) is 19.8 Å². The Morgan fingerprint density at radius 3 is 2.65 bits per heavy atom. The van der Waals surface area contributed by atoms with E-state index in [4.69, 9.17) is 4.74 Å². The van der Waals surface area contributed by atoms with Gasteiger partial charge in [-0.05, 0) is 59.1 Å². The molecule has 0 radical (unpaired) electrons. The van der Waals surface area contributed by atoms with Crippen LogP contribution in [-0.2, 0) is 14.3 Å². The minimum absolute atomic E-state index is 0.146. The van der Waals surface area contributed by atoms with Crippen molar-refractivity contribution in [2.45, 2.75) is 98.5 Å². The molecule has 1 aliphatic rings. The van der Waals surface area contributed by atoms with Crippen LogP contribution >= 0.6 is 11.3 Å². The highest BCUT2D eigenvalue weighted by atomic mass is 32.1. The second-order valence-corrected chi connectivity index (χ2v) is 11.5. The van der Waals surface area contributed by atoms with E-state index < -0.39 is 29.6 Å². The van der Waals surface area contributed by atoms with Crippen molar-refractivity contribution in [2.75, 3.05) is 6.61 Å². The predicted molar refractivity (Wildman–Crippen MR) is 148 cm³/mol. The fourth-order valence-corrected chi connectivity index (χ4v) is 4.87. The molecule has 1 aliphatic heterocycles. The largest absolute Gasteiger partial charge is 0.392 e. The lowest BCUT2D eigenvalue weighted by atomic mass is 9.72. The molecule has 8 heteroatoms. The van der Waals surface area contributed by atoms with Gasteiger partial charge in [0.2, 0.25) is 5.91 Å². The van der Waals surface area contributed by atoms with E-state index in [2.05, 4.69) is 28.2 Å². The van der Waals surface area contributed by atoms with E-state index in [0.29, 0.717) is 19.4 Å². The number of hydrogen-bond acceptors (Lipinski definition) is 7. The molecular formula is C29H42N2O5S. The summed E-state index contributed by atoms with van der Waals surface area (Å²) in [4.78, 5) is 31.1. The molecule has 2 heterocycles. The highest BCUT2D eigenvalue weighted by Gasteiger charge is 2.43. The number of amides is 1. The molecule has 0 saturated heterocycles. The zero-order valence-corrected chi connectivity index (χ0v) is 23.9. The number of ketones is 1. The number of carbonyl (C=O) groups is 2. The van der Waals surface area contributed by atoms with Crippen molar-refractivity contribution in [2.24, 2.45) is 11.3 Å². The first-order valence-electron chi connectivity index (χ1n) is 12.8. The van der Waals surface area contributed by atoms with E-state index in [-0.39, 0.29) is 30.6 Å². The molecule has 0 bridgehead atoms. The van der Waals surface area contributed by atoms with Gasteiger partial charge in [0.25, 0.3) is 0 Å². The fourth-order valence-electron chi connectivity index (χ4n) is 4.30. The highest BCUT2D eigenvalue weighted by Crippen LogP contribution is 2.32. The molecule has 0 spiro atoms. The predicted octanol–water partition coefficient (Wildman–Crippen LogP) is 4.22. The van der Waals surface area contributed by atoms with Gasteiger partial charge >= 0.3 is 0 Å². The van der Waals surface area contributed by atoms with Crippen LogP contribution in [0.1, 0.15) is 77.9 Å². The summed E-state index contributed by atoms with van der Waals surface area (Å²) in [5.41, 5.74) is 1.61. The summed E-state index contributed by atoms with van der Waals surface area (Å²) in [7, 11) is 0. The number of nitrogens with zero attached hydrogens (tertiary/aromatic N) is 1. The van der Waals surface area contributed by atoms with Crippen LogP contribution in [0.2, 0.25) is 0 Å². The molecule has 0 saturated carbocycles. The van der Waals surface area contributed by atoms with Gasteiger partial charge in [0, 0.05) is 11.8 Å². The number of nitrogens with one attached hydrogen (secondary N) is 1. The van der Waals surface area contributed by atoms with E-state index in [1.807, 2.05) is 32.2 Å². The van der Waals surface area contributed by atoms with Crippen molar-refractivity contribution in [3.05, 3.63) is 33.3 Å². The summed E-state index contributed by atoms with van der Waals surface area (Å²) in [6, 6.07) is -0.294. The SMILES string of the molecule is CC#CC[C@H]1C(=O)C(C)(C)[C@@H](O)CC(=O)N[C@H](/C(C)=C/c2csc(C)n2)C/C=C(/C)CCO[C@H](C)[C@H]1O. The number of aliphatic hydroxyl groups is 2. The van der Waals surface area contributed by atoms with Gasteiger partial charge in [0.15, 0.2) is 0 Å². The van der Waals surface area contributed by atoms with Crippen molar-refractivity contribution in [3.8, 4) is 11.8 Å². The first-order valence-corrected chi connectivity index (χ1v) is 13.7. The molecule has 5 atom stereocenters. The van der Waals surface area contributed by atoms with Crippen LogP contribution in [0, 0.1) is 30.1 Å². The number of Topliss-reactive ketones (excluding diaryl/α,β-unsaturated/α-hetero) is 1. The van der Waals surface area contributed by atoms with Gasteiger partial charge in [-0.1, -0.05) is 25.5 Å². The number of aryl methyl sites for hydroxylation is 1. The molecule has 0 unspecified atom stereocenters. The third-order valence-corrected chi connectivity index (χ3v) is 7.84. The van der Waals surface area contributed by atoms with Gasteiger partial charge in [0.1, 0.15) is 5.78 Å². The molecule has 204 valence electrons. The number of thiazole rings is 1. The van der Waals surface area contributed by atoms with E-state index in [1.165, 1.54) is 0 Å². The van der Waals surface area contributed by atoms with Crippen molar-refractivity contribution >= 4 is 29.1 Å². The number of carbonyl (C=O) groups excluding carboxylic acids is 2. The van der Waals surface area contributed by atoms with Crippen LogP contribution in [0.25, 0.3) is 6.08 Å². The van der Waals surface area contributed by atoms with Gasteiger partial charge in [-0.2, -0.15) is 0 Å². The summed E-state index contributed by atoms with van der Waals surface area (Å²) < 4.78 is 5.91. The monoisotopic (exact) mass is 530 g/mol. The number of aromatic nitrogens is 1. The molecular weight excluding hydrogens is 488 g/mol. The Bertz CT molecular complexity index is 1060. The van der Waals surface area contributed by atoms with Gasteiger partial charge in [-0.25, -0.2) is 4.98 Å². The molecule has 0 aromatic carbocycles. The number of rotatable bonds is 3. The van der Waals surface area contributed by atoms with Crippen molar-refractivity contribution in [3.63, 3.8) is 0 Å². The molecule has 0 fully saturated rings. The molecule has 3 N–H and O–H groups in total. The number of aliphatic hydroxyl groups excluding tert-OH is 2. The van der Waals surface area contributed by atoms with Crippen LogP contribution in [-0.4, -0.2) is 57.8 Å². The topological polar surface area (TPSA) is 109 Å². The lowest BCUT2D eigenvalue weighted by molar-refractivity contribution is -0.146. The quantitative estimate of drug-likeness (QED) is 0.399. The van der Waals surface area contributed by atoms with Crippen LogP contribution in [0.4, 0.5) is 0 Å². The van der Waals surface area contributed by atoms with Gasteiger partial charge < -0.3 is 20.3 Å². The standard InChI is InChI=1S/C29H42N2O5S/c1-8-9-10-23-27(34)20(4)36-14-13-18(2)11-12-24(19(3)15-22-17-37-21(5)30-22)31-26(33)16-25(32)29(6,7)28(23)35/h11,15,17,20,23-25,27,32,34H,10,12-14,16H2,1-7H3,(H,31,33)/b18-11-,19-15+/t20-,23-,24+,25+,27-/m1/s1. The lowest BCUT2D eigenvalue weighted by Gasteiger charge is -2.35. The van der Waals surface area contributed by atoms with Crippen LogP contribution in [0.5, 0.6) is 0 Å². The summed E-state index contributed by atoms with van der Waals surface area (Å²) in [5, 5.41) is 28.0. The van der Waals surface area contributed by atoms with Gasteiger partial charge in [-0.15, -0.1) is 23.2 Å². The van der Waals surface area contributed by atoms with E-state index in [1.54, 1.807) is 39.0 Å². The summed E-state index contributed by atoms with van der Waals surface area (Å²) >= 11 is 1.57. The molecule has 1 aromatic rings. The molecule has 1 aromatic heterocycles. The molecule has 0 aliphatic carbocycles. The Kier molecular flexibility index (Phi) is 11.7. The third kappa shape index (κ3) is 8.89. The number of ether oxygens (including phenoxy) is 1. The second-order valence-electron chi connectivity index (χ2n) is 10.4. The van der Waals surface area contributed by atoms with Gasteiger partial charge in [0.05, 0.1) is 59.4 Å². The Morgan fingerprint density at radius 1 is 1.32 bits per heavy atom. The normalized spacial score (nSPS) is 30.0. The molecule has 2 rings (SSSR count). The lowest BCUT2D eigenvalue weighted by Crippen LogP contribution is -2.49. The second kappa shape index (κ2) is 14.0. The maximum atomic E-state index is 13.6. The molecule has 7 nitrogen and oxygen atoms in total. The smallest absolute Gasteiger partial charge is 0.223 e. The molecule has 1 amide bonds. The van der Waals surface area contributed by atoms with Crippen LogP contribution in [0.3, 0.4) is 0 Å². The summed E-state index contributed by atoms with van der Waals surface area (Å²) in [6.45, 7) is 12.9. The maximum absolute atomic E-state index is 13.6. The van der Waals surface area contributed by atoms with Crippen molar-refractivity contribution < 1.29 is 24.5 Å². The Morgan fingerprint density at radius 2 is 2.03 bits per heavy atom. The zero-order chi connectivity index (χ0) is 27.8. The third-order valence-electron chi connectivity index (χ3n) is 7.05. The van der Waals surface area contributed by atoms with E-state index in [0.717, 1.165) is 21.8 Å². The first-order chi connectivity index (χ1) is 17.4. The first kappa shape index (κ1) is 30.9. The Hall–Kier alpha value is -2.31. The minimum Gasteiger partial charge on any atom is -0.392 e. The molecule has 37 heavy (non-hydrogen) atoms. The van der Waals surface area contributed by atoms with Crippen molar-refractivity contribution in [1.82, 2.24) is 10.3 Å². The highest BCUT2D eigenvalue weighted by molar-refractivity contribution is 7.09. The van der Waals surface area contributed by atoms with E-state index >= 15 is 0 Å². The van der Waals surface area contributed by atoms with Crippen LogP contribution < -0.4 is 5.32 Å². The Balaban J connectivity index is 2.38. The average molecular weight is 531 g/mol. The fraction of sp³-hybridized carbons (Fsp3) is 0.621. The summed E-state index contributed by atoms with van der Waals surface area (Å²) in [5.74, 6) is 4.14. The van der Waals surface area contributed by atoms with Gasteiger partial charge in [-0.3, -0.25) is 9.59 Å². The number of hydrogen-bond donors (Lipinski definition) is 3. The summed E-state index contributed by atoms with van der Waals surface area (Å²) in [6.07, 6.45) is 2.25.